The quantitative estimate of drug-likeness (QED) is 0.545. The Balaban J connectivity index is 1.99. The van der Waals surface area contributed by atoms with E-state index in [4.69, 9.17) is 0 Å². The number of carbonyl (C=O) groups is 2. The Labute approximate surface area is 185 Å². The summed E-state index contributed by atoms with van der Waals surface area (Å²) in [4.78, 5) is 24.6. The van der Waals surface area contributed by atoms with E-state index in [-0.39, 0.29) is 29.3 Å². The van der Waals surface area contributed by atoms with Crippen LogP contribution in [0.2, 0.25) is 0 Å². The van der Waals surface area contributed by atoms with Crippen molar-refractivity contribution in [1.29, 1.82) is 0 Å². The zero-order valence-corrected chi connectivity index (χ0v) is 19.8. The molecule has 9 heteroatoms. The van der Waals surface area contributed by atoms with Gasteiger partial charge in [0, 0.05) is 34.2 Å². The van der Waals surface area contributed by atoms with Crippen LogP contribution in [0, 0.1) is 6.92 Å². The van der Waals surface area contributed by atoms with Crippen LogP contribution in [0.4, 0.5) is 5.69 Å². The molecule has 0 aliphatic carbocycles. The largest absolute Gasteiger partial charge is 0.352 e. The first-order valence-electron chi connectivity index (χ1n) is 9.36. The fourth-order valence-electron chi connectivity index (χ4n) is 2.62. The molecule has 0 saturated carbocycles. The van der Waals surface area contributed by atoms with Gasteiger partial charge in [0.05, 0.1) is 4.90 Å². The van der Waals surface area contributed by atoms with Gasteiger partial charge >= 0.3 is 0 Å². The molecular formula is C21H26BrN3O4S. The number of nitrogens with one attached hydrogen (secondary N) is 3. The van der Waals surface area contributed by atoms with Gasteiger partial charge in [-0.1, -0.05) is 22.0 Å². The van der Waals surface area contributed by atoms with Crippen molar-refractivity contribution < 1.29 is 18.0 Å². The van der Waals surface area contributed by atoms with Crippen molar-refractivity contribution in [2.24, 2.45) is 0 Å². The van der Waals surface area contributed by atoms with Crippen LogP contribution in [-0.4, -0.2) is 32.3 Å². The number of hydrogen-bond acceptors (Lipinski definition) is 4. The topological polar surface area (TPSA) is 104 Å². The zero-order chi connectivity index (χ0) is 22.5. The van der Waals surface area contributed by atoms with Crippen molar-refractivity contribution in [2.75, 3.05) is 11.9 Å². The first kappa shape index (κ1) is 24.0. The number of amides is 2. The fourth-order valence-corrected chi connectivity index (χ4v) is 4.32. The average Bonchev–Trinajstić information content (AvgIpc) is 2.61. The Morgan fingerprint density at radius 2 is 1.67 bits per heavy atom. The Morgan fingerprint density at radius 1 is 1.03 bits per heavy atom. The number of hydrogen-bond donors (Lipinski definition) is 3. The molecule has 0 aromatic heterocycles. The second kappa shape index (κ2) is 9.72. The van der Waals surface area contributed by atoms with E-state index < -0.39 is 21.5 Å². The molecule has 0 saturated heterocycles. The van der Waals surface area contributed by atoms with E-state index in [1.807, 2.05) is 12.1 Å². The lowest BCUT2D eigenvalue weighted by molar-refractivity contribution is -0.116. The van der Waals surface area contributed by atoms with Crippen LogP contribution in [0.3, 0.4) is 0 Å². The molecule has 0 bridgehead atoms. The third-order valence-corrected chi connectivity index (χ3v) is 6.25. The smallest absolute Gasteiger partial charge is 0.251 e. The summed E-state index contributed by atoms with van der Waals surface area (Å²) in [7, 11) is -3.76. The molecule has 2 aromatic rings. The van der Waals surface area contributed by atoms with E-state index in [1.54, 1.807) is 45.9 Å². The molecule has 7 nitrogen and oxygen atoms in total. The van der Waals surface area contributed by atoms with Crippen LogP contribution < -0.4 is 15.4 Å². The summed E-state index contributed by atoms with van der Waals surface area (Å²) in [5.41, 5.74) is 0.908. The summed E-state index contributed by atoms with van der Waals surface area (Å²) in [5, 5.41) is 5.42. The molecule has 0 atom stereocenters. The third kappa shape index (κ3) is 7.23. The van der Waals surface area contributed by atoms with Crippen molar-refractivity contribution in [2.45, 2.75) is 44.6 Å². The number of carbonyl (C=O) groups excluding carboxylic acids is 2. The molecular weight excluding hydrogens is 470 g/mol. The second-order valence-corrected chi connectivity index (χ2v) is 10.5. The van der Waals surface area contributed by atoms with Crippen molar-refractivity contribution in [3.05, 3.63) is 58.1 Å². The maximum atomic E-state index is 12.5. The average molecular weight is 496 g/mol. The number of benzene rings is 2. The van der Waals surface area contributed by atoms with E-state index in [0.29, 0.717) is 11.3 Å². The maximum absolute atomic E-state index is 12.5. The molecule has 0 heterocycles. The minimum absolute atomic E-state index is 0.0150. The summed E-state index contributed by atoms with van der Waals surface area (Å²) < 4.78 is 28.5. The normalized spacial score (nSPS) is 11.8. The molecule has 2 rings (SSSR count). The molecule has 162 valence electrons. The van der Waals surface area contributed by atoms with Crippen LogP contribution in [0.1, 0.15) is 43.1 Å². The van der Waals surface area contributed by atoms with Gasteiger partial charge in [0.1, 0.15) is 0 Å². The van der Waals surface area contributed by atoms with Gasteiger partial charge in [-0.2, -0.15) is 0 Å². The number of anilines is 1. The van der Waals surface area contributed by atoms with Gasteiger partial charge in [0.15, 0.2) is 0 Å². The maximum Gasteiger partial charge on any atom is 0.251 e. The second-order valence-electron chi connectivity index (χ2n) is 7.89. The molecule has 30 heavy (non-hydrogen) atoms. The van der Waals surface area contributed by atoms with Crippen LogP contribution in [0.15, 0.2) is 51.8 Å². The minimum Gasteiger partial charge on any atom is -0.352 e. The van der Waals surface area contributed by atoms with Crippen LogP contribution in [0.25, 0.3) is 0 Å². The van der Waals surface area contributed by atoms with Gasteiger partial charge in [0.25, 0.3) is 5.91 Å². The summed E-state index contributed by atoms with van der Waals surface area (Å²) in [6.07, 6.45) is 0.0877. The van der Waals surface area contributed by atoms with Crippen LogP contribution >= 0.6 is 15.9 Å². The highest BCUT2D eigenvalue weighted by Gasteiger charge is 2.23. The van der Waals surface area contributed by atoms with E-state index in [2.05, 4.69) is 31.3 Å². The van der Waals surface area contributed by atoms with Gasteiger partial charge in [0.2, 0.25) is 15.9 Å². The number of rotatable bonds is 7. The monoisotopic (exact) mass is 495 g/mol. The lowest BCUT2D eigenvalue weighted by Gasteiger charge is -2.20. The van der Waals surface area contributed by atoms with Gasteiger partial charge in [-0.05, 0) is 69.7 Å². The Kier molecular flexibility index (Phi) is 7.79. The van der Waals surface area contributed by atoms with Crippen LogP contribution in [-0.2, 0) is 14.8 Å². The van der Waals surface area contributed by atoms with Crippen molar-refractivity contribution in [1.82, 2.24) is 10.0 Å². The molecule has 3 N–H and O–H groups in total. The first-order valence-corrected chi connectivity index (χ1v) is 11.6. The number of sulfonamides is 1. The standard InChI is InChI=1S/C21H26BrN3O4S/c1-14-5-10-17(30(28,29)25-21(2,3)4)13-18(14)20(27)23-12-11-19(26)24-16-8-6-15(22)7-9-16/h5-10,13,25H,11-12H2,1-4H3,(H,23,27)(H,24,26). The van der Waals surface area contributed by atoms with Gasteiger partial charge in [-0.3, -0.25) is 9.59 Å². The lowest BCUT2D eigenvalue weighted by atomic mass is 10.1. The Morgan fingerprint density at radius 3 is 2.27 bits per heavy atom. The van der Waals surface area contributed by atoms with E-state index in [0.717, 1.165) is 4.47 Å². The predicted molar refractivity (Wildman–Crippen MR) is 121 cm³/mol. The van der Waals surface area contributed by atoms with Crippen molar-refractivity contribution in [3.63, 3.8) is 0 Å². The highest BCUT2D eigenvalue weighted by molar-refractivity contribution is 9.10. The molecule has 0 unspecified atom stereocenters. The van der Waals surface area contributed by atoms with Crippen molar-refractivity contribution in [3.8, 4) is 0 Å². The van der Waals surface area contributed by atoms with E-state index in [9.17, 15) is 18.0 Å². The molecule has 0 radical (unpaired) electrons. The minimum atomic E-state index is -3.76. The van der Waals surface area contributed by atoms with Crippen molar-refractivity contribution >= 4 is 43.5 Å². The van der Waals surface area contributed by atoms with Gasteiger partial charge < -0.3 is 10.6 Å². The molecule has 0 spiro atoms. The highest BCUT2D eigenvalue weighted by Crippen LogP contribution is 2.18. The number of aryl methyl sites for hydroxylation is 1. The lowest BCUT2D eigenvalue weighted by Crippen LogP contribution is -2.40. The first-order chi connectivity index (χ1) is 13.9. The summed E-state index contributed by atoms with van der Waals surface area (Å²) in [6.45, 7) is 7.07. The Hall–Kier alpha value is -2.23. The predicted octanol–water partition coefficient (Wildman–Crippen LogP) is 3.59. The summed E-state index contributed by atoms with van der Waals surface area (Å²) in [6, 6.07) is 11.6. The van der Waals surface area contributed by atoms with Gasteiger partial charge in [-0.25, -0.2) is 13.1 Å². The fraction of sp³-hybridized carbons (Fsp3) is 0.333. The molecule has 2 amide bonds. The van der Waals surface area contributed by atoms with E-state index in [1.165, 1.54) is 12.1 Å². The molecule has 0 fully saturated rings. The zero-order valence-electron chi connectivity index (χ0n) is 17.4. The van der Waals surface area contributed by atoms with Crippen LogP contribution in [0.5, 0.6) is 0 Å². The molecule has 0 aliphatic rings. The van der Waals surface area contributed by atoms with Gasteiger partial charge in [-0.15, -0.1) is 0 Å². The van der Waals surface area contributed by atoms with E-state index >= 15 is 0 Å². The highest BCUT2D eigenvalue weighted by atomic mass is 79.9. The summed E-state index contributed by atoms with van der Waals surface area (Å²) in [5.74, 6) is -0.670. The number of halogens is 1. The molecule has 0 aliphatic heterocycles. The SMILES string of the molecule is Cc1ccc(S(=O)(=O)NC(C)(C)C)cc1C(=O)NCCC(=O)Nc1ccc(Br)cc1. The Bertz CT molecular complexity index is 1030. The third-order valence-electron chi connectivity index (χ3n) is 3.97. The summed E-state index contributed by atoms with van der Waals surface area (Å²) >= 11 is 3.33. The molecule has 2 aromatic carbocycles.